The zero-order valence-corrected chi connectivity index (χ0v) is 8.81. The van der Waals surface area contributed by atoms with E-state index in [1.807, 2.05) is 0 Å². The topological polar surface area (TPSA) is 57.0 Å². The molecule has 0 fully saturated rings. The minimum absolute atomic E-state index is 0. The van der Waals surface area contributed by atoms with Crippen molar-refractivity contribution in [3.8, 4) is 0 Å². The van der Waals surface area contributed by atoms with E-state index in [1.165, 1.54) is 0 Å². The molecule has 0 spiro atoms. The molecule has 0 bridgehead atoms. The molecule has 0 rings (SSSR count). The molecule has 4 heteroatoms. The Hall–Kier alpha value is 2.63. The van der Waals surface area contributed by atoms with Gasteiger partial charge in [-0.2, -0.15) is 0 Å². The first-order valence-electron chi connectivity index (χ1n) is 0. The van der Waals surface area contributed by atoms with Crippen LogP contribution in [-0.2, 0) is 11.0 Å². The van der Waals surface area contributed by atoms with E-state index in [0.29, 0.717) is 0 Å². The monoisotopic (exact) mass is 315 g/mol. The molecule has 17 valence electrons. The summed E-state index contributed by atoms with van der Waals surface area (Å²) in [7, 11) is 0. The van der Waals surface area contributed by atoms with E-state index in [2.05, 4.69) is 0 Å². The van der Waals surface area contributed by atoms with Gasteiger partial charge in [0, 0.05) is 0 Å². The second-order valence-electron chi connectivity index (χ2n) is 0. The molecule has 0 saturated carbocycles. The van der Waals surface area contributed by atoms with Gasteiger partial charge >= 0.3 is 82.1 Å². The zero-order valence-electron chi connectivity index (χ0n) is 1.89. The molecular formula is NdO2Pr+2. The average Bonchev–Trinajstić information content (AvgIpc) is 0. The molecule has 0 unspecified atom stereocenters. The normalized spacial score (nSPS) is 0. The van der Waals surface area contributed by atoms with Crippen LogP contribution in [0.4, 0.5) is 0 Å². The molecule has 0 aromatic carbocycles. The largest absolute Gasteiger partial charge is 3.00 e. The van der Waals surface area contributed by atoms with Crippen molar-refractivity contribution in [2.45, 2.75) is 0 Å². The first-order valence-corrected chi connectivity index (χ1v) is 0. The Balaban J connectivity index is 0. The second-order valence-corrected chi connectivity index (χ2v) is 0. The molecule has 0 atom stereocenters. The minimum Gasteiger partial charge on any atom is -2.00 e. The Kier molecular flexibility index (Phi) is 132. The van der Waals surface area contributed by atoms with Crippen LogP contribution in [0.15, 0.2) is 0 Å². The summed E-state index contributed by atoms with van der Waals surface area (Å²) in [6.45, 7) is 0. The Morgan fingerprint density at radius 1 is 0.750 bits per heavy atom. The van der Waals surface area contributed by atoms with E-state index in [0.717, 1.165) is 0 Å². The Bertz CT molecular complexity index is 6.00. The summed E-state index contributed by atoms with van der Waals surface area (Å²) in [5.41, 5.74) is 0. The van der Waals surface area contributed by atoms with Gasteiger partial charge in [0.1, 0.15) is 0 Å². The third kappa shape index (κ3) is 8.82. The zero-order chi connectivity index (χ0) is 0. The van der Waals surface area contributed by atoms with Crippen molar-refractivity contribution in [2.75, 3.05) is 0 Å². The van der Waals surface area contributed by atoms with E-state index >= 15 is 0 Å². The van der Waals surface area contributed by atoms with Gasteiger partial charge in [0.2, 0.25) is 0 Å². The van der Waals surface area contributed by atoms with E-state index in [-0.39, 0.29) is 93.1 Å². The van der Waals surface area contributed by atoms with E-state index in [9.17, 15) is 0 Å². The maximum absolute atomic E-state index is 0. The SMILES string of the molecule is [Nd+3].[O-2].[O-2].[Pr+3]. The summed E-state index contributed by atoms with van der Waals surface area (Å²) in [6.07, 6.45) is 0. The van der Waals surface area contributed by atoms with Crippen molar-refractivity contribution in [1.82, 2.24) is 0 Å². The van der Waals surface area contributed by atoms with Gasteiger partial charge in [-0.05, 0) is 0 Å². The van der Waals surface area contributed by atoms with Crippen LogP contribution < -0.4 is 0 Å². The van der Waals surface area contributed by atoms with E-state index < -0.39 is 0 Å². The van der Waals surface area contributed by atoms with Crippen LogP contribution in [0.25, 0.3) is 0 Å². The summed E-state index contributed by atoms with van der Waals surface area (Å²) in [6, 6.07) is 0. The second kappa shape index (κ2) is 17.4. The van der Waals surface area contributed by atoms with E-state index in [1.54, 1.807) is 0 Å². The molecule has 0 aromatic heterocycles. The maximum atomic E-state index is 0. The molecular weight excluding hydrogens is 317 g/mol. The molecule has 0 aromatic rings. The van der Waals surface area contributed by atoms with Crippen LogP contribution in [-0.4, -0.2) is 0 Å². The first kappa shape index (κ1) is 30.3. The van der Waals surface area contributed by atoms with Gasteiger partial charge < -0.3 is 11.0 Å². The van der Waals surface area contributed by atoms with Crippen LogP contribution in [0.5, 0.6) is 0 Å². The van der Waals surface area contributed by atoms with Crippen LogP contribution in [0.1, 0.15) is 0 Å². The fourth-order valence-corrected chi connectivity index (χ4v) is 0. The molecule has 0 aliphatic carbocycles. The molecule has 1 radical (unpaired) electrons. The summed E-state index contributed by atoms with van der Waals surface area (Å²) in [5.74, 6) is 0. The average molecular weight is 317 g/mol. The molecule has 0 aliphatic heterocycles. The number of rotatable bonds is 0. The van der Waals surface area contributed by atoms with Gasteiger partial charge in [-0.25, -0.2) is 0 Å². The minimum atomic E-state index is 0. The van der Waals surface area contributed by atoms with Gasteiger partial charge in [0.05, 0.1) is 0 Å². The maximum Gasteiger partial charge on any atom is 3.00 e. The van der Waals surface area contributed by atoms with Crippen LogP contribution >= 0.6 is 0 Å². The van der Waals surface area contributed by atoms with Crippen molar-refractivity contribution in [2.24, 2.45) is 0 Å². The van der Waals surface area contributed by atoms with Crippen LogP contribution in [0.2, 0.25) is 0 Å². The third-order valence-corrected chi connectivity index (χ3v) is 0. The van der Waals surface area contributed by atoms with Crippen molar-refractivity contribution < 1.29 is 93.1 Å². The van der Waals surface area contributed by atoms with Gasteiger partial charge in [-0.3, -0.25) is 0 Å². The van der Waals surface area contributed by atoms with E-state index in [4.69, 9.17) is 0 Å². The molecule has 0 saturated heterocycles. The molecule has 0 N–H and O–H groups in total. The molecule has 0 aliphatic rings. The van der Waals surface area contributed by atoms with Gasteiger partial charge in [0.15, 0.2) is 0 Å². The Morgan fingerprint density at radius 2 is 0.750 bits per heavy atom. The number of hydrogen-bond donors (Lipinski definition) is 0. The van der Waals surface area contributed by atoms with Crippen molar-refractivity contribution in [3.05, 3.63) is 0 Å². The third-order valence-electron chi connectivity index (χ3n) is 0. The summed E-state index contributed by atoms with van der Waals surface area (Å²) in [4.78, 5) is 0. The number of hydrogen-bond acceptors (Lipinski definition) is 0. The Morgan fingerprint density at radius 3 is 0.750 bits per heavy atom. The quantitative estimate of drug-likeness (QED) is 0.592. The first-order chi connectivity index (χ1) is 0. The Labute approximate surface area is 90.8 Å². The van der Waals surface area contributed by atoms with Gasteiger partial charge in [0.25, 0.3) is 0 Å². The molecule has 4 heavy (non-hydrogen) atoms. The van der Waals surface area contributed by atoms with Gasteiger partial charge in [-0.15, -0.1) is 0 Å². The predicted molar refractivity (Wildman–Crippen MR) is 1.37 cm³/mol. The van der Waals surface area contributed by atoms with Crippen molar-refractivity contribution in [1.29, 1.82) is 0 Å². The smallest absolute Gasteiger partial charge is 2.00 e. The predicted octanol–water partition coefficient (Wildman–Crippen LogP) is -0.238. The molecule has 0 amide bonds. The van der Waals surface area contributed by atoms with Crippen LogP contribution in [0.3, 0.4) is 0 Å². The van der Waals surface area contributed by atoms with Crippen molar-refractivity contribution in [3.63, 3.8) is 0 Å². The molecule has 2 nitrogen and oxygen atoms in total. The standard InChI is InChI=1S/Nd.2O.Pr/q+3;2*-2;+3. The fraction of sp³-hybridized carbons (Fsp3) is 0. The fourth-order valence-electron chi connectivity index (χ4n) is 0. The summed E-state index contributed by atoms with van der Waals surface area (Å²) >= 11 is 0. The molecule has 0 heterocycles. The summed E-state index contributed by atoms with van der Waals surface area (Å²) < 4.78 is 0. The van der Waals surface area contributed by atoms with Crippen LogP contribution in [0, 0.1) is 82.1 Å². The summed E-state index contributed by atoms with van der Waals surface area (Å²) in [5, 5.41) is 0. The van der Waals surface area contributed by atoms with Crippen molar-refractivity contribution >= 4 is 0 Å². The van der Waals surface area contributed by atoms with Gasteiger partial charge in [-0.1, -0.05) is 0 Å².